The molecule has 0 aliphatic rings. The zero-order valence-corrected chi connectivity index (χ0v) is 12.5. The third-order valence-electron chi connectivity index (χ3n) is 0. The minimum absolute atomic E-state index is 0.833. The molecule has 6 N–H and O–H groups in total. The largest absolute Gasteiger partial charge is 0.328 e. The second-order valence-corrected chi connectivity index (χ2v) is 5.07. The first-order chi connectivity index (χ1) is 6.93. The van der Waals surface area contributed by atoms with Crippen molar-refractivity contribution in [1.82, 2.24) is 0 Å². The average molecular weight is 280 g/mol. The van der Waals surface area contributed by atoms with Gasteiger partial charge >= 0.3 is 17.2 Å². The molecular weight excluding hydrogens is 254 g/mol. The molecule has 6 nitrogen and oxygen atoms in total. The van der Waals surface area contributed by atoms with Gasteiger partial charge in [-0.15, -0.1) is 0 Å². The minimum atomic E-state index is -2.62. The lowest BCUT2D eigenvalue weighted by Gasteiger charge is -1.79. The standard InChI is InChI=1S/2C4H10.2H3O3P/c4*1-4(2)3/h2*4H,1-3H3;2*1-3H. The van der Waals surface area contributed by atoms with Gasteiger partial charge in [0, 0.05) is 0 Å². The van der Waals surface area contributed by atoms with Crippen molar-refractivity contribution < 1.29 is 29.4 Å². The third-order valence-corrected chi connectivity index (χ3v) is 0. The molecule has 0 aromatic carbocycles. The topological polar surface area (TPSA) is 121 Å². The number of hydrogen-bond acceptors (Lipinski definition) is 6. The van der Waals surface area contributed by atoms with Crippen LogP contribution in [-0.4, -0.2) is 29.4 Å². The fourth-order valence-corrected chi connectivity index (χ4v) is 0. The molecule has 0 rings (SSSR count). The fraction of sp³-hybridized carbons (Fsp3) is 1.00. The van der Waals surface area contributed by atoms with E-state index in [-0.39, 0.29) is 0 Å². The Morgan fingerprint density at radius 2 is 0.500 bits per heavy atom. The molecule has 0 aromatic rings. The first-order valence-electron chi connectivity index (χ1n) is 4.66. The molecule has 0 aromatic heterocycles. The molecule has 0 atom stereocenters. The van der Waals surface area contributed by atoms with E-state index in [1.165, 1.54) is 0 Å². The molecule has 0 fully saturated rings. The van der Waals surface area contributed by atoms with Gasteiger partial charge in [0.05, 0.1) is 0 Å². The molecule has 0 heterocycles. The van der Waals surface area contributed by atoms with E-state index >= 15 is 0 Å². The summed E-state index contributed by atoms with van der Waals surface area (Å²) in [6.07, 6.45) is 0. The molecule has 16 heavy (non-hydrogen) atoms. The number of rotatable bonds is 0. The predicted octanol–water partition coefficient (Wildman–Crippen LogP) is 1.71. The first kappa shape index (κ1) is 25.5. The Bertz CT molecular complexity index is 65.5. The molecule has 0 saturated carbocycles. The maximum absolute atomic E-state index is 7.23. The second kappa shape index (κ2) is 21.0. The van der Waals surface area contributed by atoms with Crippen LogP contribution in [0.4, 0.5) is 0 Å². The number of hydrogen-bond donors (Lipinski definition) is 6. The summed E-state index contributed by atoms with van der Waals surface area (Å²) >= 11 is 0. The molecule has 104 valence electrons. The van der Waals surface area contributed by atoms with Crippen molar-refractivity contribution in [2.75, 3.05) is 0 Å². The smallest absolute Gasteiger partial charge is 0.324 e. The van der Waals surface area contributed by atoms with Crippen molar-refractivity contribution in [1.29, 1.82) is 0 Å². The zero-order valence-electron chi connectivity index (χ0n) is 10.7. The van der Waals surface area contributed by atoms with Gasteiger partial charge in [-0.25, -0.2) is 0 Å². The highest BCUT2D eigenvalue weighted by Crippen LogP contribution is 2.12. The normalized spacial score (nSPS) is 9.00. The Kier molecular flexibility index (Phi) is 33.4. The average Bonchev–Trinajstić information content (AvgIpc) is 1.76. The Morgan fingerprint density at radius 1 is 0.500 bits per heavy atom. The Labute approximate surface area is 101 Å². The first-order valence-corrected chi connectivity index (χ1v) is 7.06. The van der Waals surface area contributed by atoms with Crippen molar-refractivity contribution in [2.45, 2.75) is 41.5 Å². The van der Waals surface area contributed by atoms with Gasteiger partial charge in [-0.2, -0.15) is 0 Å². The lowest BCUT2D eigenvalue weighted by Crippen LogP contribution is -1.66. The highest BCUT2D eigenvalue weighted by Gasteiger charge is 1.77. The van der Waals surface area contributed by atoms with Gasteiger partial charge in [-0.3, -0.25) is 0 Å². The van der Waals surface area contributed by atoms with E-state index in [0.29, 0.717) is 0 Å². The monoisotopic (exact) mass is 280 g/mol. The van der Waals surface area contributed by atoms with Crippen LogP contribution in [0.1, 0.15) is 41.5 Å². The predicted molar refractivity (Wildman–Crippen MR) is 68.2 cm³/mol. The maximum Gasteiger partial charge on any atom is 0.324 e. The van der Waals surface area contributed by atoms with Crippen LogP contribution in [0.5, 0.6) is 0 Å². The van der Waals surface area contributed by atoms with Crippen molar-refractivity contribution in [2.24, 2.45) is 11.8 Å². The van der Waals surface area contributed by atoms with Crippen LogP contribution >= 0.6 is 17.2 Å². The molecular formula is C8H26O6P2. The van der Waals surface area contributed by atoms with Crippen molar-refractivity contribution in [3.8, 4) is 0 Å². The molecule has 0 bridgehead atoms. The van der Waals surface area contributed by atoms with E-state index in [1.54, 1.807) is 0 Å². The highest BCUT2D eigenvalue weighted by molar-refractivity contribution is 7.38. The zero-order chi connectivity index (χ0) is 14.3. The van der Waals surface area contributed by atoms with E-state index in [1.807, 2.05) is 0 Å². The van der Waals surface area contributed by atoms with Crippen LogP contribution in [0.25, 0.3) is 0 Å². The quantitative estimate of drug-likeness (QED) is 0.376. The summed E-state index contributed by atoms with van der Waals surface area (Å²) in [4.78, 5) is 43.4. The Morgan fingerprint density at radius 3 is 0.500 bits per heavy atom. The van der Waals surface area contributed by atoms with E-state index in [0.717, 1.165) is 11.8 Å². The second-order valence-electron chi connectivity index (χ2n) is 4.00. The van der Waals surface area contributed by atoms with Crippen LogP contribution < -0.4 is 0 Å². The molecule has 0 amide bonds. The molecule has 0 spiro atoms. The summed E-state index contributed by atoms with van der Waals surface area (Å²) in [5.41, 5.74) is 0. The highest BCUT2D eigenvalue weighted by atomic mass is 31.2. The molecule has 0 aliphatic carbocycles. The van der Waals surface area contributed by atoms with Crippen LogP contribution in [0.2, 0.25) is 0 Å². The van der Waals surface area contributed by atoms with E-state index in [4.69, 9.17) is 29.4 Å². The van der Waals surface area contributed by atoms with Crippen molar-refractivity contribution in [3.63, 3.8) is 0 Å². The van der Waals surface area contributed by atoms with E-state index in [2.05, 4.69) is 41.5 Å². The fourth-order valence-electron chi connectivity index (χ4n) is 0. The minimum Gasteiger partial charge on any atom is -0.328 e. The molecule has 0 unspecified atom stereocenters. The van der Waals surface area contributed by atoms with Crippen LogP contribution in [0.15, 0.2) is 0 Å². The SMILES string of the molecule is CC(C)C.CC(C)C.OP(O)O.OP(O)O. The summed E-state index contributed by atoms with van der Waals surface area (Å²) in [6.45, 7) is 13.0. The van der Waals surface area contributed by atoms with E-state index < -0.39 is 17.2 Å². The molecule has 0 radical (unpaired) electrons. The van der Waals surface area contributed by atoms with Gasteiger partial charge in [0.25, 0.3) is 0 Å². The molecule has 8 heteroatoms. The summed E-state index contributed by atoms with van der Waals surface area (Å²) < 4.78 is 0. The summed E-state index contributed by atoms with van der Waals surface area (Å²) in [5, 5.41) is 0. The molecule has 0 saturated heterocycles. The van der Waals surface area contributed by atoms with Gasteiger partial charge in [0.15, 0.2) is 0 Å². The maximum atomic E-state index is 7.23. The van der Waals surface area contributed by atoms with Crippen molar-refractivity contribution in [3.05, 3.63) is 0 Å². The van der Waals surface area contributed by atoms with Crippen LogP contribution in [0.3, 0.4) is 0 Å². The lowest BCUT2D eigenvalue weighted by atomic mass is 10.3. The summed E-state index contributed by atoms with van der Waals surface area (Å²) in [5.74, 6) is 1.67. The van der Waals surface area contributed by atoms with Gasteiger partial charge in [-0.05, 0) is 11.8 Å². The summed E-state index contributed by atoms with van der Waals surface area (Å²) in [7, 11) is -5.24. The van der Waals surface area contributed by atoms with Gasteiger partial charge in [0.1, 0.15) is 0 Å². The Balaban J connectivity index is -0.0000000600. The van der Waals surface area contributed by atoms with E-state index in [9.17, 15) is 0 Å². The Hall–Kier alpha value is 0.620. The van der Waals surface area contributed by atoms with Crippen LogP contribution in [-0.2, 0) is 0 Å². The van der Waals surface area contributed by atoms with Crippen molar-refractivity contribution >= 4 is 17.2 Å². The summed E-state index contributed by atoms with van der Waals surface area (Å²) in [6, 6.07) is 0. The lowest BCUT2D eigenvalue weighted by molar-refractivity contribution is 0.366. The van der Waals surface area contributed by atoms with Crippen LogP contribution in [0, 0.1) is 11.8 Å². The van der Waals surface area contributed by atoms with Gasteiger partial charge < -0.3 is 29.4 Å². The van der Waals surface area contributed by atoms with Gasteiger partial charge in [0.2, 0.25) is 0 Å². The third kappa shape index (κ3) is 7060. The molecule has 0 aliphatic heterocycles. The van der Waals surface area contributed by atoms with Gasteiger partial charge in [-0.1, -0.05) is 41.5 Å².